The van der Waals surface area contributed by atoms with Crippen LogP contribution in [0.2, 0.25) is 5.02 Å². The minimum absolute atomic E-state index is 0.535. The lowest BCUT2D eigenvalue weighted by Crippen LogP contribution is -1.97. The van der Waals surface area contributed by atoms with Crippen molar-refractivity contribution >= 4 is 21.4 Å². The van der Waals surface area contributed by atoms with Crippen LogP contribution in [0.4, 0.5) is 0 Å². The van der Waals surface area contributed by atoms with Crippen LogP contribution in [-0.4, -0.2) is 14.7 Å². The van der Waals surface area contributed by atoms with Crippen LogP contribution in [0, 0.1) is 5.75 Å². The molecule has 0 N–H and O–H groups in total. The van der Waals surface area contributed by atoms with Gasteiger partial charge in [-0.05, 0) is 17.7 Å². The Hall–Kier alpha value is -0.540. The van der Waals surface area contributed by atoms with Crippen LogP contribution in [0.1, 0.15) is 5.56 Å². The van der Waals surface area contributed by atoms with Crippen LogP contribution in [0.15, 0.2) is 24.3 Å². The summed E-state index contributed by atoms with van der Waals surface area (Å²) in [4.78, 5) is 0. The van der Waals surface area contributed by atoms with E-state index in [4.69, 9.17) is 11.6 Å². The summed E-state index contributed by atoms with van der Waals surface area (Å²) in [6.45, 7) is 0. The summed E-state index contributed by atoms with van der Waals surface area (Å²) in [7, 11) is -3.08. The second kappa shape index (κ2) is 3.46. The van der Waals surface area contributed by atoms with Gasteiger partial charge in [-0.1, -0.05) is 23.7 Å². The van der Waals surface area contributed by atoms with Crippen molar-refractivity contribution in [3.05, 3.63) is 40.6 Å². The van der Waals surface area contributed by atoms with E-state index in [2.05, 4.69) is 0 Å². The molecule has 1 aromatic carbocycles. The molecule has 0 spiro atoms. The third-order valence-electron chi connectivity index (χ3n) is 1.20. The second-order valence-corrected chi connectivity index (χ2v) is 4.83. The molecule has 0 heterocycles. The largest absolute Gasteiger partial charge is 0.228 e. The first kappa shape index (κ1) is 9.55. The minimum atomic E-state index is -3.08. The lowest BCUT2D eigenvalue weighted by Gasteiger charge is -1.97. The van der Waals surface area contributed by atoms with E-state index in [0.29, 0.717) is 10.6 Å². The highest BCUT2D eigenvalue weighted by atomic mass is 35.5. The third kappa shape index (κ3) is 3.24. The van der Waals surface area contributed by atoms with E-state index in [9.17, 15) is 8.42 Å². The molecule has 0 atom stereocenters. The minimum Gasteiger partial charge on any atom is -0.228 e. The van der Waals surface area contributed by atoms with Crippen LogP contribution >= 0.6 is 11.6 Å². The van der Waals surface area contributed by atoms with Crippen molar-refractivity contribution in [3.63, 3.8) is 0 Å². The molecule has 0 aliphatic carbocycles. The quantitative estimate of drug-likeness (QED) is 0.736. The van der Waals surface area contributed by atoms with Crippen molar-refractivity contribution in [1.29, 1.82) is 0 Å². The Bertz CT molecular complexity index is 370. The molecule has 0 aromatic heterocycles. The molecule has 1 rings (SSSR count). The maximum Gasteiger partial charge on any atom is 0.156 e. The van der Waals surface area contributed by atoms with E-state index in [-0.39, 0.29) is 0 Å². The molecule has 0 saturated heterocycles. The van der Waals surface area contributed by atoms with Gasteiger partial charge in [0.25, 0.3) is 0 Å². The van der Waals surface area contributed by atoms with E-state index in [1.807, 2.05) is 0 Å². The van der Waals surface area contributed by atoms with E-state index in [1.165, 1.54) is 5.75 Å². The van der Waals surface area contributed by atoms with Gasteiger partial charge in [0, 0.05) is 11.3 Å². The Morgan fingerprint density at radius 3 is 2.58 bits per heavy atom. The molecule has 0 fully saturated rings. The van der Waals surface area contributed by atoms with Gasteiger partial charge in [-0.2, -0.15) is 0 Å². The third-order valence-corrected chi connectivity index (χ3v) is 2.13. The number of sulfone groups is 1. The van der Waals surface area contributed by atoms with Crippen LogP contribution in [0.3, 0.4) is 0 Å². The maximum absolute atomic E-state index is 10.8. The van der Waals surface area contributed by atoms with Gasteiger partial charge >= 0.3 is 0 Å². The molecule has 12 heavy (non-hydrogen) atoms. The molecule has 0 bridgehead atoms. The van der Waals surface area contributed by atoms with E-state index < -0.39 is 9.84 Å². The van der Waals surface area contributed by atoms with Crippen LogP contribution in [0.5, 0.6) is 0 Å². The zero-order valence-corrected chi connectivity index (χ0v) is 8.06. The van der Waals surface area contributed by atoms with Crippen molar-refractivity contribution in [2.24, 2.45) is 0 Å². The molecule has 0 aliphatic rings. The zero-order valence-electron chi connectivity index (χ0n) is 6.49. The summed E-state index contributed by atoms with van der Waals surface area (Å²) in [5.74, 6) is 1.18. The van der Waals surface area contributed by atoms with Crippen molar-refractivity contribution in [2.45, 2.75) is 0 Å². The fourth-order valence-corrected chi connectivity index (χ4v) is 1.67. The Balaban J connectivity index is 2.91. The number of rotatable bonds is 2. The van der Waals surface area contributed by atoms with Gasteiger partial charge in [-0.15, -0.1) is 0 Å². The molecule has 1 aromatic rings. The standard InChI is InChI=1S/C8H8ClO2S/c1-12(10,11)6-7-3-2-4-8(9)5-7/h2-6H,1H3. The molecule has 0 amide bonds. The lowest BCUT2D eigenvalue weighted by atomic mass is 10.2. The maximum atomic E-state index is 10.8. The molecular formula is C8H8ClO2S. The molecule has 0 aliphatic heterocycles. The summed E-state index contributed by atoms with van der Waals surface area (Å²) in [6, 6.07) is 6.69. The normalized spacial score (nSPS) is 11.5. The van der Waals surface area contributed by atoms with Gasteiger partial charge < -0.3 is 0 Å². The Morgan fingerprint density at radius 2 is 2.08 bits per heavy atom. The van der Waals surface area contributed by atoms with Gasteiger partial charge in [0.1, 0.15) is 5.75 Å². The highest BCUT2D eigenvalue weighted by Crippen LogP contribution is 2.13. The predicted octanol–water partition coefficient (Wildman–Crippen LogP) is 1.89. The Morgan fingerprint density at radius 1 is 1.42 bits per heavy atom. The monoisotopic (exact) mass is 203 g/mol. The lowest BCUT2D eigenvalue weighted by molar-refractivity contribution is 0.608. The molecule has 0 saturated carbocycles. The number of hydrogen-bond acceptors (Lipinski definition) is 2. The van der Waals surface area contributed by atoms with Crippen molar-refractivity contribution in [2.75, 3.05) is 6.26 Å². The van der Waals surface area contributed by atoms with Crippen LogP contribution in [-0.2, 0) is 9.84 Å². The molecule has 65 valence electrons. The first-order valence-corrected chi connectivity index (χ1v) is 5.61. The predicted molar refractivity (Wildman–Crippen MR) is 49.7 cm³/mol. The fraction of sp³-hybridized carbons (Fsp3) is 0.125. The summed E-state index contributed by atoms with van der Waals surface area (Å²) in [5, 5.41) is 0.535. The fourth-order valence-electron chi connectivity index (χ4n) is 0.827. The number of halogens is 1. The Kier molecular flexibility index (Phi) is 2.75. The highest BCUT2D eigenvalue weighted by molar-refractivity contribution is 7.92. The van der Waals surface area contributed by atoms with E-state index >= 15 is 0 Å². The van der Waals surface area contributed by atoms with Gasteiger partial charge in [0.05, 0.1) is 0 Å². The highest BCUT2D eigenvalue weighted by Gasteiger charge is 2.04. The van der Waals surface area contributed by atoms with Crippen LogP contribution < -0.4 is 0 Å². The van der Waals surface area contributed by atoms with Gasteiger partial charge in [-0.25, -0.2) is 8.42 Å². The van der Waals surface area contributed by atoms with Crippen LogP contribution in [0.25, 0.3) is 0 Å². The molecule has 1 radical (unpaired) electrons. The number of hydrogen-bond donors (Lipinski definition) is 0. The van der Waals surface area contributed by atoms with Gasteiger partial charge in [0.2, 0.25) is 0 Å². The van der Waals surface area contributed by atoms with Gasteiger partial charge in [0.15, 0.2) is 9.84 Å². The molecule has 2 nitrogen and oxygen atoms in total. The smallest absolute Gasteiger partial charge is 0.156 e. The van der Waals surface area contributed by atoms with E-state index in [1.54, 1.807) is 24.3 Å². The first-order chi connectivity index (χ1) is 5.47. The van der Waals surface area contributed by atoms with Crippen molar-refractivity contribution < 1.29 is 8.42 Å². The summed E-state index contributed by atoms with van der Waals surface area (Å²) in [5.41, 5.74) is 0.602. The molecular weight excluding hydrogens is 196 g/mol. The van der Waals surface area contributed by atoms with E-state index in [0.717, 1.165) is 6.26 Å². The average Bonchev–Trinajstić information content (AvgIpc) is 1.82. The Labute approximate surface area is 77.1 Å². The van der Waals surface area contributed by atoms with Gasteiger partial charge in [-0.3, -0.25) is 0 Å². The second-order valence-electron chi connectivity index (χ2n) is 2.50. The first-order valence-electron chi connectivity index (χ1n) is 3.28. The molecule has 4 heteroatoms. The average molecular weight is 204 g/mol. The summed E-state index contributed by atoms with van der Waals surface area (Å²) in [6.07, 6.45) is 1.15. The molecule has 0 unspecified atom stereocenters. The van der Waals surface area contributed by atoms with Crippen molar-refractivity contribution in [1.82, 2.24) is 0 Å². The topological polar surface area (TPSA) is 34.1 Å². The zero-order chi connectivity index (χ0) is 9.19. The summed E-state index contributed by atoms with van der Waals surface area (Å²) >= 11 is 5.66. The SMILES string of the molecule is CS(=O)(=O)[CH]c1cccc(Cl)c1. The number of benzene rings is 1. The van der Waals surface area contributed by atoms with Crippen molar-refractivity contribution in [3.8, 4) is 0 Å². The summed E-state index contributed by atoms with van der Waals surface area (Å²) < 4.78 is 21.6.